The van der Waals surface area contributed by atoms with Gasteiger partial charge >= 0.3 is 0 Å². The van der Waals surface area contributed by atoms with Crippen molar-refractivity contribution < 1.29 is 9.53 Å². The molecule has 1 amide bonds. The van der Waals surface area contributed by atoms with Gasteiger partial charge in [0, 0.05) is 19.8 Å². The molecule has 140 valence electrons. The fourth-order valence-corrected chi connectivity index (χ4v) is 2.91. The zero-order valence-corrected chi connectivity index (χ0v) is 16.2. The van der Waals surface area contributed by atoms with Crippen molar-refractivity contribution in [3.05, 3.63) is 47.4 Å². The van der Waals surface area contributed by atoms with E-state index in [1.807, 2.05) is 58.0 Å². The van der Waals surface area contributed by atoms with Crippen molar-refractivity contribution in [2.24, 2.45) is 0 Å². The number of pyridine rings is 1. The van der Waals surface area contributed by atoms with Crippen molar-refractivity contribution in [3.63, 3.8) is 0 Å². The van der Waals surface area contributed by atoms with Crippen LogP contribution in [0.4, 0.5) is 11.5 Å². The zero-order chi connectivity index (χ0) is 19.6. The topological polar surface area (TPSA) is 80.2 Å². The number of hydrogen-bond acceptors (Lipinski definition) is 6. The summed E-state index contributed by atoms with van der Waals surface area (Å²) in [4.78, 5) is 28.1. The van der Waals surface area contributed by atoms with Gasteiger partial charge in [0.2, 0.25) is 5.82 Å². The number of hydrogen-bond donors (Lipinski definition) is 1. The minimum absolute atomic E-state index is 0.0648. The summed E-state index contributed by atoms with van der Waals surface area (Å²) >= 11 is 0. The number of carbonyl (C=O) groups is 1. The molecule has 0 saturated carbocycles. The van der Waals surface area contributed by atoms with E-state index in [4.69, 9.17) is 4.74 Å². The van der Waals surface area contributed by atoms with Gasteiger partial charge < -0.3 is 15.0 Å². The molecule has 0 fully saturated rings. The van der Waals surface area contributed by atoms with Crippen LogP contribution in [0, 0.1) is 13.8 Å². The minimum atomic E-state index is -0.409. The lowest BCUT2D eigenvalue weighted by molar-refractivity contribution is 0.101. The zero-order valence-electron chi connectivity index (χ0n) is 16.2. The van der Waals surface area contributed by atoms with E-state index in [0.717, 1.165) is 16.6 Å². The standard InChI is InChI=1S/C20H23N5O2/c1-6-27-15-10-8-7-9-14(15)22-20(26)18-23-17-16(19(24-18)25(4)5)12(2)11-13(3)21-17/h7-11H,6H2,1-5H3,(H,22,26). The highest BCUT2D eigenvalue weighted by Gasteiger charge is 2.19. The molecule has 0 spiro atoms. The number of anilines is 2. The van der Waals surface area contributed by atoms with Gasteiger partial charge in [-0.2, -0.15) is 0 Å². The van der Waals surface area contributed by atoms with E-state index in [-0.39, 0.29) is 5.82 Å². The van der Waals surface area contributed by atoms with E-state index >= 15 is 0 Å². The van der Waals surface area contributed by atoms with E-state index in [1.165, 1.54) is 0 Å². The van der Waals surface area contributed by atoms with Crippen LogP contribution in [-0.2, 0) is 0 Å². The Kier molecular flexibility index (Phi) is 5.21. The first kappa shape index (κ1) is 18.6. The maximum absolute atomic E-state index is 12.8. The van der Waals surface area contributed by atoms with E-state index in [0.29, 0.717) is 29.5 Å². The van der Waals surface area contributed by atoms with Crippen LogP contribution in [0.2, 0.25) is 0 Å². The van der Waals surface area contributed by atoms with Gasteiger partial charge in [-0.05, 0) is 44.5 Å². The largest absolute Gasteiger partial charge is 0.492 e. The molecule has 0 radical (unpaired) electrons. The van der Waals surface area contributed by atoms with E-state index in [1.54, 1.807) is 12.1 Å². The van der Waals surface area contributed by atoms with Crippen LogP contribution >= 0.6 is 0 Å². The first-order chi connectivity index (χ1) is 12.9. The molecular formula is C20H23N5O2. The normalized spacial score (nSPS) is 10.7. The van der Waals surface area contributed by atoms with Gasteiger partial charge in [0.05, 0.1) is 17.7 Å². The summed E-state index contributed by atoms with van der Waals surface area (Å²) in [5.74, 6) is 0.920. The van der Waals surface area contributed by atoms with Crippen LogP contribution in [0.3, 0.4) is 0 Å². The lowest BCUT2D eigenvalue weighted by Crippen LogP contribution is -2.20. The van der Waals surface area contributed by atoms with Gasteiger partial charge in [-0.15, -0.1) is 0 Å². The van der Waals surface area contributed by atoms with Crippen molar-refractivity contribution in [1.29, 1.82) is 0 Å². The summed E-state index contributed by atoms with van der Waals surface area (Å²) in [6.45, 7) is 6.30. The van der Waals surface area contributed by atoms with Crippen molar-refractivity contribution in [2.75, 3.05) is 30.9 Å². The number of rotatable bonds is 5. The Morgan fingerprint density at radius 1 is 1.15 bits per heavy atom. The van der Waals surface area contributed by atoms with Crippen LogP contribution in [0.1, 0.15) is 28.8 Å². The predicted octanol–water partition coefficient (Wildman–Crippen LogP) is 3.36. The molecule has 2 heterocycles. The fraction of sp³-hybridized carbons (Fsp3) is 0.300. The first-order valence-corrected chi connectivity index (χ1v) is 8.77. The Balaban J connectivity index is 2.05. The highest BCUT2D eigenvalue weighted by Crippen LogP contribution is 2.27. The molecule has 0 unspecified atom stereocenters. The van der Waals surface area contributed by atoms with Crippen molar-refractivity contribution >= 4 is 28.4 Å². The second kappa shape index (κ2) is 7.57. The summed E-state index contributed by atoms with van der Waals surface area (Å²) in [6.07, 6.45) is 0. The summed E-state index contributed by atoms with van der Waals surface area (Å²) in [7, 11) is 3.76. The second-order valence-corrected chi connectivity index (χ2v) is 6.43. The third-order valence-electron chi connectivity index (χ3n) is 4.03. The monoisotopic (exact) mass is 365 g/mol. The molecule has 7 nitrogen and oxygen atoms in total. The Hall–Kier alpha value is -3.22. The average Bonchev–Trinajstić information content (AvgIpc) is 2.62. The molecule has 0 bridgehead atoms. The van der Waals surface area contributed by atoms with Gasteiger partial charge in [-0.3, -0.25) is 4.79 Å². The van der Waals surface area contributed by atoms with Crippen LogP contribution < -0.4 is 15.0 Å². The summed E-state index contributed by atoms with van der Waals surface area (Å²) < 4.78 is 5.56. The molecule has 0 aliphatic rings. The molecule has 27 heavy (non-hydrogen) atoms. The first-order valence-electron chi connectivity index (χ1n) is 8.77. The lowest BCUT2D eigenvalue weighted by Gasteiger charge is -2.17. The molecule has 1 N–H and O–H groups in total. The average molecular weight is 365 g/mol. The Bertz CT molecular complexity index is 1000. The molecule has 0 saturated heterocycles. The van der Waals surface area contributed by atoms with Crippen LogP contribution in [0.5, 0.6) is 5.75 Å². The molecule has 0 aliphatic carbocycles. The molecule has 0 atom stereocenters. The molecule has 3 aromatic rings. The lowest BCUT2D eigenvalue weighted by atomic mass is 10.1. The number of aromatic nitrogens is 3. The highest BCUT2D eigenvalue weighted by molar-refractivity contribution is 6.04. The summed E-state index contributed by atoms with van der Waals surface area (Å²) in [5.41, 5.74) is 2.95. The van der Waals surface area contributed by atoms with Crippen LogP contribution in [0.15, 0.2) is 30.3 Å². The number of carbonyl (C=O) groups excluding carboxylic acids is 1. The number of para-hydroxylation sites is 2. The van der Waals surface area contributed by atoms with E-state index < -0.39 is 5.91 Å². The SMILES string of the molecule is CCOc1ccccc1NC(=O)c1nc(N(C)C)c2c(C)cc(C)nc2n1. The maximum atomic E-state index is 12.8. The number of fused-ring (bicyclic) bond motifs is 1. The fourth-order valence-electron chi connectivity index (χ4n) is 2.91. The smallest absolute Gasteiger partial charge is 0.293 e. The maximum Gasteiger partial charge on any atom is 0.293 e. The van der Waals surface area contributed by atoms with Crippen LogP contribution in [-0.4, -0.2) is 41.6 Å². The number of amides is 1. The van der Waals surface area contributed by atoms with E-state index in [9.17, 15) is 4.79 Å². The quantitative estimate of drug-likeness (QED) is 0.747. The number of nitrogens with zero attached hydrogens (tertiary/aromatic N) is 4. The van der Waals surface area contributed by atoms with Gasteiger partial charge in [-0.1, -0.05) is 12.1 Å². The Morgan fingerprint density at radius 2 is 1.89 bits per heavy atom. The minimum Gasteiger partial charge on any atom is -0.492 e. The third kappa shape index (κ3) is 3.81. The molecule has 1 aromatic carbocycles. The van der Waals surface area contributed by atoms with Crippen LogP contribution in [0.25, 0.3) is 11.0 Å². The summed E-state index contributed by atoms with van der Waals surface area (Å²) in [5, 5.41) is 3.68. The number of nitrogens with one attached hydrogen (secondary N) is 1. The van der Waals surface area contributed by atoms with Gasteiger partial charge in [0.1, 0.15) is 11.6 Å². The second-order valence-electron chi connectivity index (χ2n) is 6.43. The molecule has 7 heteroatoms. The molecule has 2 aromatic heterocycles. The van der Waals surface area contributed by atoms with Crippen molar-refractivity contribution in [2.45, 2.75) is 20.8 Å². The Morgan fingerprint density at radius 3 is 2.59 bits per heavy atom. The predicted molar refractivity (Wildman–Crippen MR) is 107 cm³/mol. The molecule has 0 aliphatic heterocycles. The number of aryl methyl sites for hydroxylation is 2. The third-order valence-corrected chi connectivity index (χ3v) is 4.03. The van der Waals surface area contributed by atoms with E-state index in [2.05, 4.69) is 20.3 Å². The number of ether oxygens (including phenoxy) is 1. The summed E-state index contributed by atoms with van der Waals surface area (Å²) in [6, 6.07) is 9.26. The Labute approximate surface area is 158 Å². The van der Waals surface area contributed by atoms with Crippen molar-refractivity contribution in [1.82, 2.24) is 15.0 Å². The highest BCUT2D eigenvalue weighted by atomic mass is 16.5. The van der Waals surface area contributed by atoms with Gasteiger partial charge in [0.15, 0.2) is 5.65 Å². The van der Waals surface area contributed by atoms with Gasteiger partial charge in [0.25, 0.3) is 5.91 Å². The van der Waals surface area contributed by atoms with Gasteiger partial charge in [-0.25, -0.2) is 15.0 Å². The van der Waals surface area contributed by atoms with Crippen molar-refractivity contribution in [3.8, 4) is 5.75 Å². The number of benzene rings is 1. The molecular weight excluding hydrogens is 342 g/mol. The molecule has 3 rings (SSSR count).